The maximum absolute atomic E-state index is 12.0. The minimum Gasteiger partial charge on any atom is -0.441 e. The monoisotopic (exact) mass is 295 g/mol. The molecule has 0 bridgehead atoms. The molecule has 0 radical (unpaired) electrons. The van der Waals surface area contributed by atoms with E-state index in [0.29, 0.717) is 25.2 Å². The molecule has 0 fully saturated rings. The number of allylic oxidation sites excluding steroid dienone is 1. The van der Waals surface area contributed by atoms with Gasteiger partial charge in [-0.1, -0.05) is 41.9 Å². The van der Waals surface area contributed by atoms with Crippen molar-refractivity contribution < 1.29 is 14.6 Å². The Bertz CT molecular complexity index is 644. The first-order valence-electron chi connectivity index (χ1n) is 7.02. The van der Waals surface area contributed by atoms with Gasteiger partial charge < -0.3 is 9.84 Å². The normalized spacial score (nSPS) is 19.0. The molecule has 1 atom stereocenters. The maximum atomic E-state index is 12.0. The number of rotatable bonds is 4. The van der Waals surface area contributed by atoms with Crippen molar-refractivity contribution in [2.24, 2.45) is 0 Å². The van der Waals surface area contributed by atoms with Gasteiger partial charge in [0.15, 0.2) is 6.10 Å². The van der Waals surface area contributed by atoms with E-state index in [-0.39, 0.29) is 6.61 Å². The van der Waals surface area contributed by atoms with Gasteiger partial charge in [0.25, 0.3) is 0 Å². The van der Waals surface area contributed by atoms with Crippen LogP contribution in [0.4, 0.5) is 0 Å². The number of hydrogen-bond acceptors (Lipinski definition) is 4. The SMILES string of the molecule is O=C(OC1C#CCN(CCO)CC#C/C=C\1)c1ccccc1. The zero-order valence-corrected chi connectivity index (χ0v) is 12.2. The van der Waals surface area contributed by atoms with Crippen LogP contribution in [0.5, 0.6) is 0 Å². The Morgan fingerprint density at radius 3 is 2.82 bits per heavy atom. The van der Waals surface area contributed by atoms with E-state index < -0.39 is 12.1 Å². The Morgan fingerprint density at radius 1 is 1.27 bits per heavy atom. The molecule has 112 valence electrons. The zero-order valence-electron chi connectivity index (χ0n) is 12.2. The predicted molar refractivity (Wildman–Crippen MR) is 83.9 cm³/mol. The Balaban J connectivity index is 2.05. The summed E-state index contributed by atoms with van der Waals surface area (Å²) in [7, 11) is 0. The van der Waals surface area contributed by atoms with Crippen LogP contribution in [0.2, 0.25) is 0 Å². The van der Waals surface area contributed by atoms with Crippen LogP contribution < -0.4 is 0 Å². The number of benzene rings is 1. The topological polar surface area (TPSA) is 49.8 Å². The Kier molecular flexibility index (Phi) is 6.26. The second-order valence-corrected chi connectivity index (χ2v) is 4.63. The number of β-amino-alcohol motifs (C(OH)–C–C–N with tert-alkyl or cyclic N) is 1. The van der Waals surface area contributed by atoms with Crippen LogP contribution in [-0.4, -0.2) is 48.3 Å². The van der Waals surface area contributed by atoms with E-state index in [4.69, 9.17) is 9.84 Å². The highest BCUT2D eigenvalue weighted by Crippen LogP contribution is 2.05. The van der Waals surface area contributed by atoms with Crippen LogP contribution in [0, 0.1) is 23.7 Å². The Labute approximate surface area is 130 Å². The maximum Gasteiger partial charge on any atom is 0.339 e. The third kappa shape index (κ3) is 5.10. The summed E-state index contributed by atoms with van der Waals surface area (Å²) >= 11 is 0. The lowest BCUT2D eigenvalue weighted by Gasteiger charge is -2.15. The molecule has 4 heteroatoms. The Morgan fingerprint density at radius 2 is 2.05 bits per heavy atom. The van der Waals surface area contributed by atoms with Crippen molar-refractivity contribution in [3.8, 4) is 23.7 Å². The molecule has 22 heavy (non-hydrogen) atoms. The van der Waals surface area contributed by atoms with E-state index in [1.54, 1.807) is 36.4 Å². The molecule has 1 aromatic carbocycles. The first kappa shape index (κ1) is 15.9. The van der Waals surface area contributed by atoms with Crippen molar-refractivity contribution in [1.82, 2.24) is 4.90 Å². The summed E-state index contributed by atoms with van der Waals surface area (Å²) in [6.07, 6.45) is 2.68. The molecule has 0 spiro atoms. The molecular formula is C18H17NO3. The van der Waals surface area contributed by atoms with Gasteiger partial charge in [0.2, 0.25) is 0 Å². The molecule has 0 saturated heterocycles. The minimum absolute atomic E-state index is 0.0611. The van der Waals surface area contributed by atoms with Crippen LogP contribution in [-0.2, 0) is 4.74 Å². The lowest BCUT2D eigenvalue weighted by molar-refractivity contribution is 0.0475. The summed E-state index contributed by atoms with van der Waals surface area (Å²) in [5, 5.41) is 8.98. The molecule has 1 aliphatic rings. The summed E-state index contributed by atoms with van der Waals surface area (Å²) in [6, 6.07) is 8.80. The number of carbonyl (C=O) groups is 1. The molecule has 0 amide bonds. The largest absolute Gasteiger partial charge is 0.441 e. The average Bonchev–Trinajstić information content (AvgIpc) is 2.55. The molecule has 1 heterocycles. The van der Waals surface area contributed by atoms with Gasteiger partial charge in [-0.15, -0.1) is 0 Å². The van der Waals surface area contributed by atoms with Crippen molar-refractivity contribution in [2.45, 2.75) is 6.10 Å². The second-order valence-electron chi connectivity index (χ2n) is 4.63. The molecule has 1 aromatic rings. The van der Waals surface area contributed by atoms with E-state index in [0.717, 1.165) is 0 Å². The average molecular weight is 295 g/mol. The fourth-order valence-electron chi connectivity index (χ4n) is 1.84. The van der Waals surface area contributed by atoms with Crippen molar-refractivity contribution in [1.29, 1.82) is 0 Å². The number of hydrogen-bond donors (Lipinski definition) is 1. The number of ether oxygens (including phenoxy) is 1. The Hall–Kier alpha value is -2.53. The van der Waals surface area contributed by atoms with Crippen LogP contribution in [0.1, 0.15) is 10.4 Å². The number of esters is 1. The number of aliphatic hydroxyl groups is 1. The van der Waals surface area contributed by atoms with Gasteiger partial charge in [0.05, 0.1) is 25.3 Å². The molecule has 1 N–H and O–H groups in total. The third-order valence-corrected chi connectivity index (χ3v) is 2.97. The first-order chi connectivity index (χ1) is 10.8. The number of aliphatic hydroxyl groups excluding tert-OH is 1. The van der Waals surface area contributed by atoms with Gasteiger partial charge in [-0.05, 0) is 24.3 Å². The zero-order chi connectivity index (χ0) is 15.6. The second kappa shape index (κ2) is 8.69. The summed E-state index contributed by atoms with van der Waals surface area (Å²) in [5.74, 6) is 11.3. The van der Waals surface area contributed by atoms with Crippen LogP contribution in [0.3, 0.4) is 0 Å². The molecule has 4 nitrogen and oxygen atoms in total. The fourth-order valence-corrected chi connectivity index (χ4v) is 1.84. The van der Waals surface area contributed by atoms with Gasteiger partial charge >= 0.3 is 5.97 Å². The smallest absolute Gasteiger partial charge is 0.339 e. The van der Waals surface area contributed by atoms with Crippen molar-refractivity contribution in [3.63, 3.8) is 0 Å². The molecule has 0 aromatic heterocycles. The van der Waals surface area contributed by atoms with Crippen LogP contribution in [0.25, 0.3) is 0 Å². The molecule has 0 aliphatic carbocycles. The lowest BCUT2D eigenvalue weighted by atomic mass is 10.2. The van der Waals surface area contributed by atoms with Gasteiger partial charge in [0, 0.05) is 6.54 Å². The van der Waals surface area contributed by atoms with Crippen molar-refractivity contribution in [3.05, 3.63) is 48.0 Å². The lowest BCUT2D eigenvalue weighted by Crippen LogP contribution is -2.28. The first-order valence-corrected chi connectivity index (χ1v) is 7.02. The molecular weight excluding hydrogens is 278 g/mol. The van der Waals surface area contributed by atoms with Gasteiger partial charge in [-0.2, -0.15) is 0 Å². The number of carbonyl (C=O) groups excluding carboxylic acids is 1. The van der Waals surface area contributed by atoms with Crippen molar-refractivity contribution in [2.75, 3.05) is 26.2 Å². The highest BCUT2D eigenvalue weighted by molar-refractivity contribution is 5.89. The van der Waals surface area contributed by atoms with Crippen LogP contribution in [0.15, 0.2) is 42.5 Å². The quantitative estimate of drug-likeness (QED) is 0.667. The van der Waals surface area contributed by atoms with Gasteiger partial charge in [0.1, 0.15) is 0 Å². The molecule has 1 aliphatic heterocycles. The number of nitrogens with zero attached hydrogens (tertiary/aromatic N) is 1. The van der Waals surface area contributed by atoms with Gasteiger partial charge in [-0.3, -0.25) is 4.90 Å². The highest BCUT2D eigenvalue weighted by Gasteiger charge is 2.11. The van der Waals surface area contributed by atoms with Crippen LogP contribution >= 0.6 is 0 Å². The summed E-state index contributed by atoms with van der Waals surface area (Å²) < 4.78 is 5.37. The summed E-state index contributed by atoms with van der Waals surface area (Å²) in [6.45, 7) is 1.60. The highest BCUT2D eigenvalue weighted by atomic mass is 16.5. The van der Waals surface area contributed by atoms with E-state index >= 15 is 0 Å². The summed E-state index contributed by atoms with van der Waals surface area (Å²) in [5.41, 5.74) is 0.489. The van der Waals surface area contributed by atoms with Crippen molar-refractivity contribution >= 4 is 5.97 Å². The van der Waals surface area contributed by atoms with E-state index in [1.807, 2.05) is 11.0 Å². The fraction of sp³-hybridized carbons (Fsp3) is 0.278. The van der Waals surface area contributed by atoms with Gasteiger partial charge in [-0.25, -0.2) is 4.79 Å². The third-order valence-electron chi connectivity index (χ3n) is 2.97. The molecule has 1 unspecified atom stereocenters. The predicted octanol–water partition coefficient (Wildman–Crippen LogP) is 1.08. The molecule has 0 saturated carbocycles. The van der Waals surface area contributed by atoms with E-state index in [2.05, 4.69) is 23.7 Å². The van der Waals surface area contributed by atoms with E-state index in [9.17, 15) is 4.79 Å². The standard InChI is InChI=1S/C18H17NO3/c20-15-14-19-12-6-2-5-10-17(11-7-13-19)22-18(21)16-8-3-1-4-9-16/h1,3-5,8-10,17,20H,12-15H2/b10-5-. The van der Waals surface area contributed by atoms with E-state index in [1.165, 1.54) is 0 Å². The molecule has 2 rings (SSSR count). The minimum atomic E-state index is -0.629. The summed E-state index contributed by atoms with van der Waals surface area (Å²) in [4.78, 5) is 14.0.